The normalized spacial score (nSPS) is 35.7. The molecule has 19 heavy (non-hydrogen) atoms. The summed E-state index contributed by atoms with van der Waals surface area (Å²) in [6.07, 6.45) is 0.996. The minimum atomic E-state index is -1.78. The Balaban J connectivity index is 1.98. The zero-order chi connectivity index (χ0) is 14.3. The number of aliphatic hydroxyl groups is 1. The Kier molecular flexibility index (Phi) is 4.43. The lowest BCUT2D eigenvalue weighted by molar-refractivity contribution is 0.0223. The van der Waals surface area contributed by atoms with Crippen LogP contribution in [0.15, 0.2) is 0 Å². The van der Waals surface area contributed by atoms with Crippen molar-refractivity contribution in [1.82, 2.24) is 0 Å². The predicted octanol–water partition coefficient (Wildman–Crippen LogP) is 2.17. The van der Waals surface area contributed by atoms with Crippen LogP contribution in [0.4, 0.5) is 0 Å². The van der Waals surface area contributed by atoms with Gasteiger partial charge >= 0.3 is 0 Å². The summed E-state index contributed by atoms with van der Waals surface area (Å²) in [6, 6.07) is 0. The van der Waals surface area contributed by atoms with Gasteiger partial charge in [0.05, 0.1) is 25.4 Å². The molecule has 0 amide bonds. The highest BCUT2D eigenvalue weighted by Gasteiger charge is 2.50. The Morgan fingerprint density at radius 2 is 1.79 bits per heavy atom. The van der Waals surface area contributed by atoms with E-state index in [0.29, 0.717) is 19.1 Å². The van der Waals surface area contributed by atoms with Crippen molar-refractivity contribution >= 4 is 8.32 Å². The summed E-state index contributed by atoms with van der Waals surface area (Å²) in [5.41, 5.74) is 0. The van der Waals surface area contributed by atoms with Crippen molar-refractivity contribution in [3.63, 3.8) is 0 Å². The van der Waals surface area contributed by atoms with E-state index < -0.39 is 8.32 Å². The summed E-state index contributed by atoms with van der Waals surface area (Å²) >= 11 is 0. The maximum Gasteiger partial charge on any atom is 0.192 e. The van der Waals surface area contributed by atoms with Gasteiger partial charge in [0.15, 0.2) is 8.32 Å². The molecule has 1 N–H and O–H groups in total. The summed E-state index contributed by atoms with van der Waals surface area (Å²) < 4.78 is 18.2. The van der Waals surface area contributed by atoms with Gasteiger partial charge < -0.3 is 19.0 Å². The Labute approximate surface area is 117 Å². The maximum atomic E-state index is 9.07. The topological polar surface area (TPSA) is 47.9 Å². The first-order valence-corrected chi connectivity index (χ1v) is 10.2. The minimum absolute atomic E-state index is 0.0608. The van der Waals surface area contributed by atoms with Crippen molar-refractivity contribution in [3.05, 3.63) is 0 Å². The highest BCUT2D eigenvalue weighted by Crippen LogP contribution is 2.41. The third-order valence-corrected chi connectivity index (χ3v) is 9.37. The molecule has 4 atom stereocenters. The molecule has 0 aromatic heterocycles. The lowest BCUT2D eigenvalue weighted by Gasteiger charge is -2.39. The van der Waals surface area contributed by atoms with Crippen LogP contribution in [0.3, 0.4) is 0 Å². The second kappa shape index (κ2) is 5.45. The molecule has 2 aliphatic rings. The Morgan fingerprint density at radius 3 is 2.37 bits per heavy atom. The van der Waals surface area contributed by atoms with Crippen LogP contribution < -0.4 is 0 Å². The first-order valence-electron chi connectivity index (χ1n) is 7.28. The second-order valence-corrected chi connectivity index (χ2v) is 12.0. The van der Waals surface area contributed by atoms with E-state index in [2.05, 4.69) is 33.9 Å². The lowest BCUT2D eigenvalue weighted by Crippen LogP contribution is -2.47. The van der Waals surface area contributed by atoms with Gasteiger partial charge in [-0.15, -0.1) is 0 Å². The summed E-state index contributed by atoms with van der Waals surface area (Å²) in [5.74, 6) is 0.322. The molecule has 5 heteroatoms. The van der Waals surface area contributed by atoms with Crippen LogP contribution in [0.25, 0.3) is 0 Å². The molecule has 2 aliphatic heterocycles. The summed E-state index contributed by atoms with van der Waals surface area (Å²) in [5, 5.41) is 9.27. The molecule has 4 nitrogen and oxygen atoms in total. The van der Waals surface area contributed by atoms with Crippen LogP contribution in [-0.4, -0.2) is 51.6 Å². The van der Waals surface area contributed by atoms with Gasteiger partial charge in [-0.3, -0.25) is 0 Å². The number of ether oxygens (including phenoxy) is 2. The lowest BCUT2D eigenvalue weighted by atomic mass is 9.98. The van der Waals surface area contributed by atoms with Crippen molar-refractivity contribution in [3.8, 4) is 0 Å². The molecule has 2 rings (SSSR count). The van der Waals surface area contributed by atoms with Crippen molar-refractivity contribution in [2.24, 2.45) is 5.92 Å². The summed E-state index contributed by atoms with van der Waals surface area (Å²) in [7, 11) is -1.78. The molecular formula is C14H28O4Si. The molecule has 2 fully saturated rings. The standard InChI is InChI=1S/C14H28O4Si/c1-14(2,3)19(4,5)18-11-9-17-12-10(6-7-15)8-16-13(11)12/h10-13,15H,6-9H2,1-5H3/t10?,11-,12-,13-/m1/s1. The number of hydrogen-bond acceptors (Lipinski definition) is 4. The van der Waals surface area contributed by atoms with Gasteiger partial charge in [-0.25, -0.2) is 0 Å². The molecule has 112 valence electrons. The zero-order valence-corrected chi connectivity index (χ0v) is 13.8. The largest absolute Gasteiger partial charge is 0.409 e. The van der Waals surface area contributed by atoms with Gasteiger partial charge in [0.25, 0.3) is 0 Å². The van der Waals surface area contributed by atoms with Crippen LogP contribution in [0.5, 0.6) is 0 Å². The van der Waals surface area contributed by atoms with Crippen molar-refractivity contribution in [2.75, 3.05) is 19.8 Å². The van der Waals surface area contributed by atoms with Crippen LogP contribution in [0.2, 0.25) is 18.1 Å². The number of fused-ring (bicyclic) bond motifs is 1. The molecule has 0 bridgehead atoms. The van der Waals surface area contributed by atoms with Gasteiger partial charge in [-0.1, -0.05) is 20.8 Å². The van der Waals surface area contributed by atoms with E-state index in [0.717, 1.165) is 6.42 Å². The quantitative estimate of drug-likeness (QED) is 0.806. The van der Waals surface area contributed by atoms with E-state index in [-0.39, 0.29) is 30.0 Å². The maximum absolute atomic E-state index is 9.07. The fraction of sp³-hybridized carbons (Fsp3) is 1.00. The third-order valence-electron chi connectivity index (χ3n) is 4.86. The highest BCUT2D eigenvalue weighted by molar-refractivity contribution is 6.74. The van der Waals surface area contributed by atoms with Crippen LogP contribution >= 0.6 is 0 Å². The molecule has 2 saturated heterocycles. The summed E-state index contributed by atoms with van der Waals surface area (Å²) in [4.78, 5) is 0. The van der Waals surface area contributed by atoms with Gasteiger partial charge in [-0.05, 0) is 24.6 Å². The van der Waals surface area contributed by atoms with E-state index in [4.69, 9.17) is 19.0 Å². The van der Waals surface area contributed by atoms with Crippen molar-refractivity contribution in [2.45, 2.75) is 63.6 Å². The Bertz CT molecular complexity index is 313. The first-order chi connectivity index (χ1) is 8.76. The first kappa shape index (κ1) is 15.4. The number of aliphatic hydroxyl groups excluding tert-OH is 1. The van der Waals surface area contributed by atoms with Crippen LogP contribution in [-0.2, 0) is 13.9 Å². The molecular weight excluding hydrogens is 260 g/mol. The van der Waals surface area contributed by atoms with Crippen LogP contribution in [0.1, 0.15) is 27.2 Å². The van der Waals surface area contributed by atoms with Gasteiger partial charge in [-0.2, -0.15) is 0 Å². The zero-order valence-electron chi connectivity index (χ0n) is 12.8. The van der Waals surface area contributed by atoms with E-state index in [1.807, 2.05) is 0 Å². The fourth-order valence-electron chi connectivity index (χ4n) is 2.61. The molecule has 0 saturated carbocycles. The average Bonchev–Trinajstić information content (AvgIpc) is 2.82. The van der Waals surface area contributed by atoms with E-state index >= 15 is 0 Å². The van der Waals surface area contributed by atoms with E-state index in [1.165, 1.54) is 0 Å². The molecule has 0 aromatic rings. The Hall–Kier alpha value is 0.0569. The Morgan fingerprint density at radius 1 is 1.16 bits per heavy atom. The molecule has 0 radical (unpaired) electrons. The highest BCUT2D eigenvalue weighted by atomic mass is 28.4. The number of rotatable bonds is 4. The minimum Gasteiger partial charge on any atom is -0.409 e. The average molecular weight is 288 g/mol. The second-order valence-electron chi connectivity index (χ2n) is 7.28. The molecule has 0 aliphatic carbocycles. The predicted molar refractivity (Wildman–Crippen MR) is 76.7 cm³/mol. The fourth-order valence-corrected chi connectivity index (χ4v) is 3.93. The van der Waals surface area contributed by atoms with E-state index in [1.54, 1.807) is 0 Å². The van der Waals surface area contributed by atoms with E-state index in [9.17, 15) is 0 Å². The summed E-state index contributed by atoms with van der Waals surface area (Å²) in [6.45, 7) is 12.8. The smallest absolute Gasteiger partial charge is 0.192 e. The van der Waals surface area contributed by atoms with Gasteiger partial charge in [0, 0.05) is 12.5 Å². The number of hydrogen-bond donors (Lipinski definition) is 1. The third kappa shape index (κ3) is 3.05. The SMILES string of the molecule is CC(C)(C)[Si](C)(C)O[C@@H]1CO[C@@H]2C(CCO)CO[C@@H]21. The van der Waals surface area contributed by atoms with Crippen molar-refractivity contribution < 1.29 is 19.0 Å². The van der Waals surface area contributed by atoms with Gasteiger partial charge in [0.2, 0.25) is 0 Å². The molecule has 1 unspecified atom stereocenters. The molecule has 0 spiro atoms. The monoisotopic (exact) mass is 288 g/mol. The van der Waals surface area contributed by atoms with Gasteiger partial charge in [0.1, 0.15) is 6.10 Å². The molecule has 0 aromatic carbocycles. The van der Waals surface area contributed by atoms with Crippen molar-refractivity contribution in [1.29, 1.82) is 0 Å². The molecule has 2 heterocycles. The van der Waals surface area contributed by atoms with Crippen LogP contribution in [0, 0.1) is 5.92 Å².